The zero-order valence-corrected chi connectivity index (χ0v) is 17.2. The Labute approximate surface area is 160 Å². The van der Waals surface area contributed by atoms with Crippen LogP contribution in [0.4, 0.5) is 0 Å². The number of aliphatic hydroxyl groups is 1. The summed E-state index contributed by atoms with van der Waals surface area (Å²) in [6.45, 7) is 4.44. The third-order valence-electron chi connectivity index (χ3n) is 9.52. The van der Waals surface area contributed by atoms with E-state index in [4.69, 9.17) is 0 Å². The predicted molar refractivity (Wildman–Crippen MR) is 103 cm³/mol. The number of carbonyl (C=O) groups excluding carboxylic acids is 1. The predicted octanol–water partition coefficient (Wildman–Crippen LogP) is 5.03. The molecule has 0 radical (unpaired) electrons. The van der Waals surface area contributed by atoms with Crippen LogP contribution < -0.4 is 0 Å². The standard InChI is InChI=1S/C22H31BrO2/c1-19(25)9-10-22-13-21(22,12-19)8-5-14-15-3-4-17(18(24)11-23)20(15,2)7-6-16(14)22/h4,14-16,25H,3,5-13H2,1-2H3/t14-,15-,16-,19+,20-,21+,22-/m0/s1. The fourth-order valence-corrected chi connectivity index (χ4v) is 8.79. The second-order valence-corrected chi connectivity index (χ2v) is 11.1. The second kappa shape index (κ2) is 5.01. The van der Waals surface area contributed by atoms with Crippen LogP contribution in [-0.4, -0.2) is 21.8 Å². The Morgan fingerprint density at radius 1 is 1.16 bits per heavy atom. The van der Waals surface area contributed by atoms with Gasteiger partial charge >= 0.3 is 0 Å². The summed E-state index contributed by atoms with van der Waals surface area (Å²) in [4.78, 5) is 12.5. The number of alkyl halides is 1. The molecule has 4 saturated carbocycles. The van der Waals surface area contributed by atoms with E-state index in [9.17, 15) is 9.90 Å². The van der Waals surface area contributed by atoms with Crippen molar-refractivity contribution in [1.82, 2.24) is 0 Å². The first-order chi connectivity index (χ1) is 11.8. The van der Waals surface area contributed by atoms with Gasteiger partial charge in [-0.1, -0.05) is 28.9 Å². The highest BCUT2D eigenvalue weighted by Crippen LogP contribution is 2.83. The molecule has 3 heteroatoms. The van der Waals surface area contributed by atoms with Crippen LogP contribution in [-0.2, 0) is 4.79 Å². The molecule has 0 bridgehead atoms. The molecule has 4 fully saturated rings. The first-order valence-corrected chi connectivity index (χ1v) is 11.4. The smallest absolute Gasteiger partial charge is 0.169 e. The van der Waals surface area contributed by atoms with E-state index in [1.165, 1.54) is 38.5 Å². The molecular weight excluding hydrogens is 376 g/mol. The largest absolute Gasteiger partial charge is 0.390 e. The molecule has 5 aliphatic carbocycles. The molecule has 0 aromatic carbocycles. The number of fused-ring (bicyclic) bond motifs is 3. The van der Waals surface area contributed by atoms with Gasteiger partial charge in [-0.2, -0.15) is 0 Å². The number of carbonyl (C=O) groups is 1. The van der Waals surface area contributed by atoms with Crippen molar-refractivity contribution in [1.29, 1.82) is 0 Å². The summed E-state index contributed by atoms with van der Waals surface area (Å²) >= 11 is 3.39. The van der Waals surface area contributed by atoms with E-state index in [1.54, 1.807) is 0 Å². The van der Waals surface area contributed by atoms with Gasteiger partial charge in [0.15, 0.2) is 5.78 Å². The zero-order valence-electron chi connectivity index (χ0n) is 15.6. The quantitative estimate of drug-likeness (QED) is 0.652. The van der Waals surface area contributed by atoms with Crippen molar-refractivity contribution in [2.45, 2.75) is 77.2 Å². The van der Waals surface area contributed by atoms with Gasteiger partial charge in [0.2, 0.25) is 0 Å². The molecule has 0 unspecified atom stereocenters. The molecule has 0 spiro atoms. The second-order valence-electron chi connectivity index (χ2n) is 10.6. The van der Waals surface area contributed by atoms with Crippen molar-refractivity contribution < 1.29 is 9.90 Å². The lowest BCUT2D eigenvalue weighted by atomic mass is 9.49. The number of hydrogen-bond donors (Lipinski definition) is 1. The SMILES string of the molecule is C[C@@]1(O)CC[C@@]23C[C@@]2(CC[C@@H]2[C@@H]3CC[C@]3(C)C(C(=O)CBr)=CC[C@@H]23)C1. The molecule has 0 saturated heterocycles. The molecule has 2 nitrogen and oxygen atoms in total. The number of rotatable bonds is 2. The molecule has 7 atom stereocenters. The zero-order chi connectivity index (χ0) is 17.7. The summed E-state index contributed by atoms with van der Waals surface area (Å²) in [5, 5.41) is 11.1. The fraction of sp³-hybridized carbons (Fsp3) is 0.864. The summed E-state index contributed by atoms with van der Waals surface area (Å²) in [5.41, 5.74) is 1.83. The fourth-order valence-electron chi connectivity index (χ4n) is 8.49. The summed E-state index contributed by atoms with van der Waals surface area (Å²) in [6.07, 6.45) is 13.2. The van der Waals surface area contributed by atoms with Gasteiger partial charge in [-0.15, -0.1) is 0 Å². The summed E-state index contributed by atoms with van der Waals surface area (Å²) in [5.74, 6) is 2.64. The maximum absolute atomic E-state index is 12.5. The van der Waals surface area contributed by atoms with E-state index in [-0.39, 0.29) is 5.41 Å². The van der Waals surface area contributed by atoms with Crippen molar-refractivity contribution in [3.63, 3.8) is 0 Å². The van der Waals surface area contributed by atoms with E-state index >= 15 is 0 Å². The molecule has 0 aromatic heterocycles. The van der Waals surface area contributed by atoms with E-state index in [0.717, 1.165) is 36.7 Å². The Bertz CT molecular complexity index is 667. The Morgan fingerprint density at radius 3 is 2.72 bits per heavy atom. The van der Waals surface area contributed by atoms with Gasteiger partial charge < -0.3 is 5.11 Å². The van der Waals surface area contributed by atoms with Gasteiger partial charge in [0.1, 0.15) is 0 Å². The van der Waals surface area contributed by atoms with E-state index in [1.807, 2.05) is 0 Å². The maximum atomic E-state index is 12.5. The summed E-state index contributed by atoms with van der Waals surface area (Å²) < 4.78 is 0. The number of Topliss-reactive ketones (excluding diaryl/α,β-unsaturated/α-hetero) is 1. The Morgan fingerprint density at radius 2 is 1.96 bits per heavy atom. The normalized spacial score (nSPS) is 56.2. The Kier molecular flexibility index (Phi) is 3.40. The van der Waals surface area contributed by atoms with Crippen LogP contribution in [0.15, 0.2) is 11.6 Å². The molecule has 0 aromatic rings. The van der Waals surface area contributed by atoms with Gasteiger partial charge in [-0.25, -0.2) is 0 Å². The number of hydrogen-bond acceptors (Lipinski definition) is 2. The summed E-state index contributed by atoms with van der Waals surface area (Å²) in [6, 6.07) is 0. The van der Waals surface area contributed by atoms with Crippen LogP contribution in [0.25, 0.3) is 0 Å². The van der Waals surface area contributed by atoms with Crippen molar-refractivity contribution in [3.05, 3.63) is 11.6 Å². The van der Waals surface area contributed by atoms with Gasteiger partial charge in [0.05, 0.1) is 10.9 Å². The minimum absolute atomic E-state index is 0.123. The molecule has 0 heterocycles. The minimum Gasteiger partial charge on any atom is -0.390 e. The molecule has 138 valence electrons. The molecule has 0 amide bonds. The van der Waals surface area contributed by atoms with Gasteiger partial charge in [0.25, 0.3) is 0 Å². The maximum Gasteiger partial charge on any atom is 0.169 e. The number of halogens is 1. The number of ketones is 1. The molecule has 1 N–H and O–H groups in total. The van der Waals surface area contributed by atoms with Gasteiger partial charge in [-0.05, 0) is 104 Å². The third-order valence-corrected chi connectivity index (χ3v) is 10.0. The van der Waals surface area contributed by atoms with Crippen molar-refractivity contribution in [2.75, 3.05) is 5.33 Å². The topological polar surface area (TPSA) is 37.3 Å². The van der Waals surface area contributed by atoms with Crippen molar-refractivity contribution in [3.8, 4) is 0 Å². The lowest BCUT2D eigenvalue weighted by Crippen LogP contribution is -2.50. The highest BCUT2D eigenvalue weighted by Gasteiger charge is 2.76. The van der Waals surface area contributed by atoms with Gasteiger partial charge in [-0.3, -0.25) is 4.79 Å². The lowest BCUT2D eigenvalue weighted by molar-refractivity contribution is -0.117. The van der Waals surface area contributed by atoms with E-state index in [2.05, 4.69) is 35.9 Å². The molecular formula is C22H31BrO2. The monoisotopic (exact) mass is 406 g/mol. The summed E-state index contributed by atoms with van der Waals surface area (Å²) in [7, 11) is 0. The van der Waals surface area contributed by atoms with Crippen LogP contribution in [0.3, 0.4) is 0 Å². The lowest BCUT2D eigenvalue weighted by Gasteiger charge is -2.56. The third kappa shape index (κ3) is 2.03. The molecule has 5 rings (SSSR count). The average Bonchev–Trinajstić information content (AvgIpc) is 3.11. The first-order valence-electron chi connectivity index (χ1n) is 10.3. The Hall–Kier alpha value is -0.150. The van der Waals surface area contributed by atoms with Crippen LogP contribution >= 0.6 is 15.9 Å². The van der Waals surface area contributed by atoms with Crippen LogP contribution in [0.2, 0.25) is 0 Å². The highest BCUT2D eigenvalue weighted by molar-refractivity contribution is 9.09. The van der Waals surface area contributed by atoms with Crippen LogP contribution in [0.5, 0.6) is 0 Å². The van der Waals surface area contributed by atoms with Crippen molar-refractivity contribution >= 4 is 21.7 Å². The number of allylic oxidation sites excluding steroid dienone is 2. The molecule has 5 aliphatic rings. The van der Waals surface area contributed by atoms with E-state index in [0.29, 0.717) is 27.9 Å². The van der Waals surface area contributed by atoms with E-state index < -0.39 is 5.60 Å². The average molecular weight is 407 g/mol. The Balaban J connectivity index is 1.44. The van der Waals surface area contributed by atoms with Crippen LogP contribution in [0, 0.1) is 34.0 Å². The molecule has 25 heavy (non-hydrogen) atoms. The highest BCUT2D eigenvalue weighted by atomic mass is 79.9. The minimum atomic E-state index is -0.430. The van der Waals surface area contributed by atoms with Gasteiger partial charge in [0, 0.05) is 0 Å². The van der Waals surface area contributed by atoms with Crippen molar-refractivity contribution in [2.24, 2.45) is 34.0 Å². The molecule has 0 aliphatic heterocycles. The first kappa shape index (κ1) is 17.0. The van der Waals surface area contributed by atoms with Crippen LogP contribution in [0.1, 0.15) is 71.6 Å².